The molecule has 10 nitrogen and oxygen atoms in total. The van der Waals surface area contributed by atoms with Crippen molar-refractivity contribution in [2.75, 3.05) is 39.8 Å². The molecule has 0 aliphatic carbocycles. The van der Waals surface area contributed by atoms with Gasteiger partial charge in [0.2, 0.25) is 17.7 Å². The topological polar surface area (TPSA) is 134 Å². The van der Waals surface area contributed by atoms with E-state index >= 15 is 0 Å². The molecule has 3 saturated heterocycles. The standard InChI is InChI=1S/C25H45N5O5/c1-16(2)30-15-19-11-22(30)25(35)27-7-4-18-14-29(3)9-6-17(18)10-23(33)26-8-5-20(31)12-21(32)13-24(34)28-19/h16-22,31-32H,4-15H2,1-3H3,(H,26,33)(H,27,35)(H,28,34)/t17-,18-,19-,20?,21?,22+/m0/s1. The first-order valence-corrected chi connectivity index (χ1v) is 13.3. The third-order valence-corrected chi connectivity index (χ3v) is 7.79. The SMILES string of the molecule is CC(C)N1C[C@@H]2C[C@@H]1C(=O)NCC[C@H]1CN(C)CC[C@H]1CC(=O)NCCC(O)CC(O)CC(=O)N2. The average Bonchev–Trinajstić information content (AvgIpc) is 3.18. The van der Waals surface area contributed by atoms with Crippen molar-refractivity contribution in [2.24, 2.45) is 11.8 Å². The molecule has 3 fully saturated rings. The molecule has 3 rings (SSSR count). The van der Waals surface area contributed by atoms with Crippen LogP contribution in [0.25, 0.3) is 0 Å². The van der Waals surface area contributed by atoms with Gasteiger partial charge in [0, 0.05) is 44.7 Å². The first-order valence-electron chi connectivity index (χ1n) is 13.3. The van der Waals surface area contributed by atoms with E-state index in [1.807, 2.05) is 13.8 Å². The van der Waals surface area contributed by atoms with Gasteiger partial charge in [0.25, 0.3) is 0 Å². The summed E-state index contributed by atoms with van der Waals surface area (Å²) in [4.78, 5) is 42.6. The molecular weight excluding hydrogens is 450 g/mol. The van der Waals surface area contributed by atoms with Crippen LogP contribution in [0.5, 0.6) is 0 Å². The van der Waals surface area contributed by atoms with Crippen LogP contribution in [0, 0.1) is 11.8 Å². The van der Waals surface area contributed by atoms with Crippen molar-refractivity contribution in [3.8, 4) is 0 Å². The van der Waals surface area contributed by atoms with Gasteiger partial charge in [0.15, 0.2) is 0 Å². The van der Waals surface area contributed by atoms with E-state index < -0.39 is 12.2 Å². The van der Waals surface area contributed by atoms with Crippen molar-refractivity contribution in [3.63, 3.8) is 0 Å². The number of rotatable bonds is 1. The van der Waals surface area contributed by atoms with Crippen molar-refractivity contribution >= 4 is 17.7 Å². The quantitative estimate of drug-likeness (QED) is 0.329. The van der Waals surface area contributed by atoms with Crippen LogP contribution in [0.4, 0.5) is 0 Å². The molecule has 0 radical (unpaired) electrons. The third-order valence-electron chi connectivity index (χ3n) is 7.79. The lowest BCUT2D eigenvalue weighted by Gasteiger charge is -2.37. The molecule has 0 saturated carbocycles. The van der Waals surface area contributed by atoms with Gasteiger partial charge in [0.05, 0.1) is 24.7 Å². The van der Waals surface area contributed by atoms with Crippen LogP contribution in [-0.2, 0) is 14.4 Å². The number of carbonyl (C=O) groups excluding carboxylic acids is 3. The zero-order chi connectivity index (χ0) is 25.5. The summed E-state index contributed by atoms with van der Waals surface area (Å²) in [6.45, 7) is 7.43. The number of amides is 3. The minimum Gasteiger partial charge on any atom is -0.393 e. The van der Waals surface area contributed by atoms with Crippen molar-refractivity contribution in [2.45, 2.75) is 89.1 Å². The molecule has 35 heavy (non-hydrogen) atoms. The van der Waals surface area contributed by atoms with Crippen LogP contribution in [0.15, 0.2) is 0 Å². The number of aliphatic hydroxyl groups is 2. The van der Waals surface area contributed by atoms with Gasteiger partial charge in [-0.25, -0.2) is 0 Å². The summed E-state index contributed by atoms with van der Waals surface area (Å²) in [7, 11) is 2.09. The first kappa shape index (κ1) is 27.8. The molecule has 200 valence electrons. The number of aliphatic hydroxyl groups excluding tert-OH is 2. The largest absolute Gasteiger partial charge is 0.393 e. The molecule has 3 aliphatic rings. The van der Waals surface area contributed by atoms with E-state index in [2.05, 4.69) is 32.8 Å². The second-order valence-corrected chi connectivity index (χ2v) is 11.0. The summed E-state index contributed by atoms with van der Waals surface area (Å²) in [5.74, 6) is 0.252. The van der Waals surface area contributed by atoms with Gasteiger partial charge in [-0.15, -0.1) is 0 Å². The lowest BCUT2D eigenvalue weighted by molar-refractivity contribution is -0.127. The number of fused-ring (bicyclic) bond motifs is 3. The minimum absolute atomic E-state index is 0.0218. The average molecular weight is 496 g/mol. The molecule has 0 spiro atoms. The van der Waals surface area contributed by atoms with Crippen LogP contribution < -0.4 is 16.0 Å². The molecule has 3 heterocycles. The van der Waals surface area contributed by atoms with Crippen LogP contribution in [0.3, 0.4) is 0 Å². The fourth-order valence-electron chi connectivity index (χ4n) is 5.86. The van der Waals surface area contributed by atoms with Crippen LogP contribution in [0.2, 0.25) is 0 Å². The summed E-state index contributed by atoms with van der Waals surface area (Å²) < 4.78 is 0. The fourth-order valence-corrected chi connectivity index (χ4v) is 5.86. The maximum Gasteiger partial charge on any atom is 0.237 e. The first-order chi connectivity index (χ1) is 16.6. The van der Waals surface area contributed by atoms with Gasteiger partial charge in [-0.2, -0.15) is 0 Å². The number of carbonyl (C=O) groups is 3. The zero-order valence-corrected chi connectivity index (χ0v) is 21.5. The number of hydrogen-bond acceptors (Lipinski definition) is 7. The number of nitrogens with one attached hydrogen (secondary N) is 3. The van der Waals surface area contributed by atoms with E-state index in [9.17, 15) is 24.6 Å². The Balaban J connectivity index is 1.69. The maximum absolute atomic E-state index is 13.1. The van der Waals surface area contributed by atoms with Crippen molar-refractivity contribution in [1.82, 2.24) is 25.8 Å². The summed E-state index contributed by atoms with van der Waals surface area (Å²) in [5.41, 5.74) is 0. The number of hydrogen-bond donors (Lipinski definition) is 5. The summed E-state index contributed by atoms with van der Waals surface area (Å²) in [5, 5.41) is 29.5. The summed E-state index contributed by atoms with van der Waals surface area (Å²) >= 11 is 0. The Kier molecular flexibility index (Phi) is 10.3. The highest BCUT2D eigenvalue weighted by molar-refractivity contribution is 5.83. The highest BCUT2D eigenvalue weighted by atomic mass is 16.3. The Morgan fingerprint density at radius 2 is 1.60 bits per heavy atom. The van der Waals surface area contributed by atoms with E-state index in [4.69, 9.17) is 0 Å². The molecule has 0 aromatic heterocycles. The van der Waals surface area contributed by atoms with E-state index in [1.165, 1.54) is 0 Å². The zero-order valence-electron chi connectivity index (χ0n) is 21.5. The summed E-state index contributed by atoms with van der Waals surface area (Å²) in [6.07, 6.45) is 1.29. The van der Waals surface area contributed by atoms with Crippen molar-refractivity contribution < 1.29 is 24.6 Å². The second-order valence-electron chi connectivity index (χ2n) is 11.0. The van der Waals surface area contributed by atoms with Crippen LogP contribution in [-0.4, -0.2) is 108 Å². The third kappa shape index (κ3) is 8.41. The van der Waals surface area contributed by atoms with E-state index in [1.54, 1.807) is 0 Å². The van der Waals surface area contributed by atoms with Gasteiger partial charge < -0.3 is 31.1 Å². The van der Waals surface area contributed by atoms with Gasteiger partial charge in [0.1, 0.15) is 0 Å². The Labute approximate surface area is 209 Å². The Morgan fingerprint density at radius 3 is 2.34 bits per heavy atom. The fraction of sp³-hybridized carbons (Fsp3) is 0.880. The normalized spacial score (nSPS) is 35.7. The molecule has 6 atom stereocenters. The molecule has 2 unspecified atom stereocenters. The monoisotopic (exact) mass is 495 g/mol. The van der Waals surface area contributed by atoms with E-state index in [-0.39, 0.29) is 54.6 Å². The molecule has 3 aliphatic heterocycles. The Bertz CT molecular complexity index is 735. The van der Waals surface area contributed by atoms with Crippen LogP contribution >= 0.6 is 0 Å². The summed E-state index contributed by atoms with van der Waals surface area (Å²) in [6, 6.07) is -0.312. The van der Waals surface area contributed by atoms with Gasteiger partial charge in [-0.05, 0) is 71.4 Å². The number of piperidine rings is 1. The number of likely N-dealkylation sites (tertiary alicyclic amines) is 2. The molecule has 0 aromatic rings. The second kappa shape index (κ2) is 13.0. The van der Waals surface area contributed by atoms with E-state index in [0.717, 1.165) is 25.9 Å². The molecule has 5 N–H and O–H groups in total. The lowest BCUT2D eigenvalue weighted by Crippen LogP contribution is -2.47. The van der Waals surface area contributed by atoms with Crippen molar-refractivity contribution in [3.05, 3.63) is 0 Å². The van der Waals surface area contributed by atoms with Gasteiger partial charge in [-0.3, -0.25) is 19.3 Å². The maximum atomic E-state index is 13.1. The highest BCUT2D eigenvalue weighted by Gasteiger charge is 2.39. The molecule has 10 heteroatoms. The van der Waals surface area contributed by atoms with Gasteiger partial charge in [-0.1, -0.05) is 0 Å². The smallest absolute Gasteiger partial charge is 0.237 e. The Morgan fingerprint density at radius 1 is 0.857 bits per heavy atom. The Hall–Kier alpha value is -1.75. The van der Waals surface area contributed by atoms with E-state index in [0.29, 0.717) is 44.8 Å². The molecular formula is C25H45N5O5. The molecule has 2 bridgehead atoms. The van der Waals surface area contributed by atoms with Crippen LogP contribution in [0.1, 0.15) is 58.8 Å². The number of nitrogens with zero attached hydrogens (tertiary/aromatic N) is 2. The van der Waals surface area contributed by atoms with Crippen molar-refractivity contribution in [1.29, 1.82) is 0 Å². The van der Waals surface area contributed by atoms with Gasteiger partial charge >= 0.3 is 0 Å². The predicted molar refractivity (Wildman–Crippen MR) is 132 cm³/mol. The highest BCUT2D eigenvalue weighted by Crippen LogP contribution is 2.28. The molecule has 0 aromatic carbocycles. The molecule has 3 amide bonds. The predicted octanol–water partition coefficient (Wildman–Crippen LogP) is -0.560. The lowest BCUT2D eigenvalue weighted by atomic mass is 9.81. The minimum atomic E-state index is -0.965.